The molecule has 2 aromatic rings. The predicted octanol–water partition coefficient (Wildman–Crippen LogP) is 8.55. The number of hydrogen-bond acceptors (Lipinski definition) is 3. The molecular weight excluding hydrogens is 508 g/mol. The number of nitrogens with zero attached hydrogens (tertiary/aromatic N) is 1. The van der Waals surface area contributed by atoms with Crippen LogP contribution in [0.4, 0.5) is 0 Å². The van der Waals surface area contributed by atoms with Gasteiger partial charge in [0.2, 0.25) is 0 Å². The molecule has 2 atom stereocenters. The van der Waals surface area contributed by atoms with Gasteiger partial charge >= 0.3 is 5.97 Å². The van der Waals surface area contributed by atoms with Crippen LogP contribution in [0.3, 0.4) is 0 Å². The Balaban J connectivity index is 1.86. The standard InChI is InChI=1S/C36H52N2O3/c1-6-14-34(36(40)41)37-35(39)32-22-21-29(24-33(32)31-20-13-11-16-27(31)4)25-38(5)30(19-12-10-15-26(2)3)23-28-17-8-7-9-18-28/h11,13,15-16,20-22,24,28,30,34H,6-10,12,14,17-19,23,25H2,1-5H3,(H,37,39)(H,40,41)/t30-,34-/m0/s1. The average molecular weight is 561 g/mol. The van der Waals surface area contributed by atoms with Gasteiger partial charge in [-0.05, 0) is 100 Å². The average Bonchev–Trinajstić information content (AvgIpc) is 2.95. The first-order valence-corrected chi connectivity index (χ1v) is 15.8. The number of benzene rings is 2. The quantitative estimate of drug-likeness (QED) is 0.169. The minimum absolute atomic E-state index is 0.335. The fraction of sp³-hybridized carbons (Fsp3) is 0.556. The van der Waals surface area contributed by atoms with Crippen LogP contribution in [-0.2, 0) is 11.3 Å². The molecule has 1 saturated carbocycles. The van der Waals surface area contributed by atoms with Gasteiger partial charge in [-0.2, -0.15) is 0 Å². The topological polar surface area (TPSA) is 69.6 Å². The number of unbranched alkanes of at least 4 members (excludes halogenated alkanes) is 1. The molecule has 2 N–H and O–H groups in total. The second kappa shape index (κ2) is 16.5. The summed E-state index contributed by atoms with van der Waals surface area (Å²) in [6, 6.07) is 13.8. The summed E-state index contributed by atoms with van der Waals surface area (Å²) in [5.41, 5.74) is 6.03. The molecule has 1 amide bonds. The summed E-state index contributed by atoms with van der Waals surface area (Å²) in [7, 11) is 2.25. The molecular formula is C36H52N2O3. The fourth-order valence-electron chi connectivity index (χ4n) is 6.25. The van der Waals surface area contributed by atoms with Crippen molar-refractivity contribution in [2.45, 2.75) is 117 Å². The first-order valence-electron chi connectivity index (χ1n) is 15.8. The number of amides is 1. The molecule has 1 fully saturated rings. The highest BCUT2D eigenvalue weighted by molar-refractivity contribution is 6.02. The molecule has 5 heteroatoms. The van der Waals surface area contributed by atoms with E-state index in [1.54, 1.807) is 0 Å². The Morgan fingerprint density at radius 3 is 2.44 bits per heavy atom. The summed E-state index contributed by atoms with van der Waals surface area (Å²) >= 11 is 0. The molecule has 0 unspecified atom stereocenters. The Hall–Kier alpha value is -2.92. The van der Waals surface area contributed by atoms with E-state index in [4.69, 9.17) is 0 Å². The van der Waals surface area contributed by atoms with Crippen molar-refractivity contribution < 1.29 is 14.7 Å². The first kappa shape index (κ1) is 32.6. The second-order valence-corrected chi connectivity index (χ2v) is 12.4. The van der Waals surface area contributed by atoms with Gasteiger partial charge in [0.25, 0.3) is 5.91 Å². The van der Waals surface area contributed by atoms with Crippen LogP contribution in [0.5, 0.6) is 0 Å². The molecule has 0 aliphatic heterocycles. The number of aliphatic carboxylic acids is 1. The zero-order valence-electron chi connectivity index (χ0n) is 26.0. The van der Waals surface area contributed by atoms with E-state index in [2.05, 4.69) is 56.2 Å². The molecule has 0 spiro atoms. The van der Waals surface area contributed by atoms with Crippen molar-refractivity contribution in [3.05, 3.63) is 70.8 Å². The molecule has 0 saturated heterocycles. The molecule has 1 aliphatic rings. The number of carbonyl (C=O) groups is 2. The molecule has 224 valence electrons. The number of aryl methyl sites for hydroxylation is 1. The Morgan fingerprint density at radius 2 is 1.78 bits per heavy atom. The van der Waals surface area contributed by atoms with Crippen molar-refractivity contribution in [1.82, 2.24) is 10.2 Å². The van der Waals surface area contributed by atoms with E-state index in [-0.39, 0.29) is 5.91 Å². The number of allylic oxidation sites excluding steroid dienone is 2. The monoisotopic (exact) mass is 560 g/mol. The maximum atomic E-state index is 13.4. The van der Waals surface area contributed by atoms with Gasteiger partial charge in [-0.15, -0.1) is 0 Å². The maximum Gasteiger partial charge on any atom is 0.326 e. The maximum absolute atomic E-state index is 13.4. The third kappa shape index (κ3) is 10.1. The predicted molar refractivity (Wildman–Crippen MR) is 170 cm³/mol. The van der Waals surface area contributed by atoms with Crippen molar-refractivity contribution in [2.75, 3.05) is 7.05 Å². The molecule has 0 aromatic heterocycles. The Bertz CT molecular complexity index is 1160. The summed E-state index contributed by atoms with van der Waals surface area (Å²) in [6.07, 6.45) is 15.0. The lowest BCUT2D eigenvalue weighted by Gasteiger charge is -2.33. The highest BCUT2D eigenvalue weighted by Crippen LogP contribution is 2.32. The van der Waals surface area contributed by atoms with Crippen molar-refractivity contribution in [3.63, 3.8) is 0 Å². The first-order chi connectivity index (χ1) is 19.7. The zero-order valence-corrected chi connectivity index (χ0v) is 26.0. The fourth-order valence-corrected chi connectivity index (χ4v) is 6.25. The molecule has 2 aromatic carbocycles. The van der Waals surface area contributed by atoms with E-state index >= 15 is 0 Å². The summed E-state index contributed by atoms with van der Waals surface area (Å²) in [5.74, 6) is -0.513. The lowest BCUT2D eigenvalue weighted by atomic mass is 9.83. The van der Waals surface area contributed by atoms with Gasteiger partial charge in [0.05, 0.1) is 0 Å². The van der Waals surface area contributed by atoms with Gasteiger partial charge in [0, 0.05) is 18.2 Å². The van der Waals surface area contributed by atoms with Gasteiger partial charge in [-0.3, -0.25) is 9.69 Å². The SMILES string of the molecule is CCC[C@H](NC(=O)c1ccc(CN(C)[C@@H](CCCC=C(C)C)CC2CCCCC2)cc1-c1ccccc1C)C(=O)O. The van der Waals surface area contributed by atoms with Crippen molar-refractivity contribution in [1.29, 1.82) is 0 Å². The number of carboxylic acid groups (broad SMARTS) is 1. The normalized spacial score (nSPS) is 15.4. The van der Waals surface area contributed by atoms with E-state index in [9.17, 15) is 14.7 Å². The van der Waals surface area contributed by atoms with Gasteiger partial charge in [0.1, 0.15) is 6.04 Å². The van der Waals surface area contributed by atoms with E-state index in [1.807, 2.05) is 37.3 Å². The highest BCUT2D eigenvalue weighted by Gasteiger charge is 2.24. The van der Waals surface area contributed by atoms with Gasteiger partial charge < -0.3 is 10.4 Å². The van der Waals surface area contributed by atoms with E-state index in [0.717, 1.165) is 35.6 Å². The summed E-state index contributed by atoms with van der Waals surface area (Å²) in [5, 5.41) is 12.4. The smallest absolute Gasteiger partial charge is 0.326 e. The van der Waals surface area contributed by atoms with Crippen LogP contribution in [0.25, 0.3) is 11.1 Å². The minimum atomic E-state index is -0.996. The Morgan fingerprint density at radius 1 is 1.05 bits per heavy atom. The van der Waals surface area contributed by atoms with E-state index in [1.165, 1.54) is 62.5 Å². The molecule has 0 heterocycles. The number of rotatable bonds is 15. The molecule has 0 radical (unpaired) electrons. The van der Waals surface area contributed by atoms with Crippen LogP contribution in [-0.4, -0.2) is 41.0 Å². The lowest BCUT2D eigenvalue weighted by molar-refractivity contribution is -0.139. The van der Waals surface area contributed by atoms with Crippen LogP contribution in [0.1, 0.15) is 113 Å². The zero-order chi connectivity index (χ0) is 29.8. The van der Waals surface area contributed by atoms with Crippen LogP contribution in [0, 0.1) is 12.8 Å². The summed E-state index contributed by atoms with van der Waals surface area (Å²) < 4.78 is 0. The van der Waals surface area contributed by atoms with Crippen LogP contribution >= 0.6 is 0 Å². The minimum Gasteiger partial charge on any atom is -0.480 e. The molecule has 0 bridgehead atoms. The van der Waals surface area contributed by atoms with Crippen molar-refractivity contribution >= 4 is 11.9 Å². The third-order valence-corrected chi connectivity index (χ3v) is 8.62. The number of nitrogens with one attached hydrogen (secondary N) is 1. The van der Waals surface area contributed by atoms with Gasteiger partial charge in [0.15, 0.2) is 0 Å². The lowest BCUT2D eigenvalue weighted by Crippen LogP contribution is -2.40. The summed E-state index contributed by atoms with van der Waals surface area (Å²) in [4.78, 5) is 27.7. The van der Waals surface area contributed by atoms with Crippen molar-refractivity contribution in [3.8, 4) is 11.1 Å². The van der Waals surface area contributed by atoms with Crippen LogP contribution < -0.4 is 5.32 Å². The van der Waals surface area contributed by atoms with Gasteiger partial charge in [-0.1, -0.05) is 87.4 Å². The number of hydrogen-bond donors (Lipinski definition) is 2. The molecule has 1 aliphatic carbocycles. The Kier molecular flexibility index (Phi) is 13.1. The van der Waals surface area contributed by atoms with Crippen LogP contribution in [0.15, 0.2) is 54.1 Å². The van der Waals surface area contributed by atoms with E-state index < -0.39 is 12.0 Å². The van der Waals surface area contributed by atoms with Crippen LogP contribution in [0.2, 0.25) is 0 Å². The number of carbonyl (C=O) groups excluding carboxylic acids is 1. The second-order valence-electron chi connectivity index (χ2n) is 12.4. The largest absolute Gasteiger partial charge is 0.480 e. The van der Waals surface area contributed by atoms with Gasteiger partial charge in [-0.25, -0.2) is 4.79 Å². The third-order valence-electron chi connectivity index (χ3n) is 8.62. The Labute approximate surface area is 248 Å². The number of carboxylic acids is 1. The molecule has 3 rings (SSSR count). The molecule has 41 heavy (non-hydrogen) atoms. The van der Waals surface area contributed by atoms with E-state index in [0.29, 0.717) is 24.4 Å². The highest BCUT2D eigenvalue weighted by atomic mass is 16.4. The molecule has 5 nitrogen and oxygen atoms in total. The van der Waals surface area contributed by atoms with Crippen molar-refractivity contribution in [2.24, 2.45) is 5.92 Å². The summed E-state index contributed by atoms with van der Waals surface area (Å²) in [6.45, 7) is 9.14.